The molecule has 164 valence electrons. The van der Waals surface area contributed by atoms with E-state index in [1.807, 2.05) is 31.2 Å². The molecule has 2 aromatic carbocycles. The third-order valence-corrected chi connectivity index (χ3v) is 7.66. The van der Waals surface area contributed by atoms with E-state index in [9.17, 15) is 18.0 Å². The molecule has 0 atom stereocenters. The van der Waals surface area contributed by atoms with Crippen molar-refractivity contribution < 1.29 is 17.9 Å². The highest BCUT2D eigenvalue weighted by atomic mass is 32.2. The van der Waals surface area contributed by atoms with E-state index < -0.39 is 10.0 Å². The topological polar surface area (TPSA) is 97.7 Å². The Morgan fingerprint density at radius 2 is 1.90 bits per heavy atom. The number of carbonyl (C=O) groups is 1. The minimum atomic E-state index is -3.75. The second kappa shape index (κ2) is 8.91. The van der Waals surface area contributed by atoms with Crippen LogP contribution in [0.3, 0.4) is 0 Å². The lowest BCUT2D eigenvalue weighted by molar-refractivity contribution is -0.135. The molecule has 4 rings (SSSR count). The number of amides is 1. The number of benzene rings is 2. The number of thiazole rings is 1. The molecule has 0 unspecified atom stereocenters. The average molecular weight is 462 g/mol. The van der Waals surface area contributed by atoms with Gasteiger partial charge >= 0.3 is 4.87 Å². The number of nitrogens with one attached hydrogen (secondary N) is 1. The summed E-state index contributed by atoms with van der Waals surface area (Å²) >= 11 is 0.934. The Labute approximate surface area is 184 Å². The molecule has 1 aliphatic rings. The van der Waals surface area contributed by atoms with E-state index in [2.05, 4.69) is 4.72 Å². The van der Waals surface area contributed by atoms with E-state index in [1.165, 1.54) is 16.7 Å². The maximum Gasteiger partial charge on any atom is 0.308 e. The molecule has 2 heterocycles. The number of fused-ring (bicyclic) bond motifs is 1. The van der Waals surface area contributed by atoms with E-state index in [0.717, 1.165) is 22.5 Å². The van der Waals surface area contributed by atoms with E-state index in [1.54, 1.807) is 11.0 Å². The number of aryl methyl sites for hydroxylation is 1. The number of hydrogen-bond donors (Lipinski definition) is 1. The minimum absolute atomic E-state index is 0.0730. The van der Waals surface area contributed by atoms with Crippen molar-refractivity contribution >= 4 is 37.5 Å². The average Bonchev–Trinajstić information content (AvgIpc) is 3.08. The second-order valence-electron chi connectivity index (χ2n) is 7.33. The van der Waals surface area contributed by atoms with Gasteiger partial charge in [-0.3, -0.25) is 14.2 Å². The number of nitrogens with zero attached hydrogens (tertiary/aromatic N) is 2. The summed E-state index contributed by atoms with van der Waals surface area (Å²) in [5.74, 6) is -0.151. The largest absolute Gasteiger partial charge is 0.378 e. The van der Waals surface area contributed by atoms with Crippen molar-refractivity contribution in [2.24, 2.45) is 0 Å². The molecule has 0 radical (unpaired) electrons. The van der Waals surface area contributed by atoms with Crippen molar-refractivity contribution in [3.63, 3.8) is 0 Å². The highest BCUT2D eigenvalue weighted by Crippen LogP contribution is 2.22. The van der Waals surface area contributed by atoms with Crippen LogP contribution in [0.25, 0.3) is 10.2 Å². The smallest absolute Gasteiger partial charge is 0.308 e. The van der Waals surface area contributed by atoms with Gasteiger partial charge in [-0.2, -0.15) is 0 Å². The molecule has 1 aromatic heterocycles. The molecule has 1 fully saturated rings. The lowest BCUT2D eigenvalue weighted by Gasteiger charge is -2.26. The molecule has 31 heavy (non-hydrogen) atoms. The van der Waals surface area contributed by atoms with Crippen LogP contribution in [0.4, 0.5) is 0 Å². The Morgan fingerprint density at radius 1 is 1.16 bits per heavy atom. The van der Waals surface area contributed by atoms with Gasteiger partial charge in [0.2, 0.25) is 15.9 Å². The molecule has 3 aromatic rings. The third kappa shape index (κ3) is 4.72. The number of hydrogen-bond acceptors (Lipinski definition) is 6. The normalized spacial score (nSPS) is 14.8. The molecule has 10 heteroatoms. The van der Waals surface area contributed by atoms with E-state index in [-0.39, 0.29) is 28.8 Å². The van der Waals surface area contributed by atoms with Gasteiger partial charge in [0.15, 0.2) is 0 Å². The Balaban J connectivity index is 1.55. The number of ether oxygens (including phenoxy) is 1. The van der Waals surface area contributed by atoms with Crippen molar-refractivity contribution in [1.29, 1.82) is 0 Å². The van der Waals surface area contributed by atoms with Gasteiger partial charge in [0.1, 0.15) is 6.54 Å². The first-order valence-corrected chi connectivity index (χ1v) is 12.2. The van der Waals surface area contributed by atoms with Crippen LogP contribution in [0.5, 0.6) is 0 Å². The summed E-state index contributed by atoms with van der Waals surface area (Å²) in [7, 11) is -3.75. The van der Waals surface area contributed by atoms with E-state index in [4.69, 9.17) is 4.74 Å². The van der Waals surface area contributed by atoms with Crippen molar-refractivity contribution in [3.05, 3.63) is 63.3 Å². The summed E-state index contributed by atoms with van der Waals surface area (Å²) in [6.07, 6.45) is 0. The fourth-order valence-electron chi connectivity index (χ4n) is 3.48. The van der Waals surface area contributed by atoms with Crippen molar-refractivity contribution in [3.8, 4) is 0 Å². The van der Waals surface area contributed by atoms with Crippen LogP contribution in [0.1, 0.15) is 11.1 Å². The summed E-state index contributed by atoms with van der Waals surface area (Å²) in [4.78, 5) is 26.5. The van der Waals surface area contributed by atoms with E-state index in [0.29, 0.717) is 36.5 Å². The van der Waals surface area contributed by atoms with Gasteiger partial charge in [-0.25, -0.2) is 13.1 Å². The van der Waals surface area contributed by atoms with Gasteiger partial charge in [-0.15, -0.1) is 0 Å². The monoisotopic (exact) mass is 461 g/mol. The Kier molecular flexibility index (Phi) is 6.24. The molecule has 0 saturated carbocycles. The summed E-state index contributed by atoms with van der Waals surface area (Å²) in [6.45, 7) is 4.02. The fourth-order valence-corrected chi connectivity index (χ4v) is 5.51. The molecule has 1 aliphatic heterocycles. The highest BCUT2D eigenvalue weighted by molar-refractivity contribution is 7.89. The SMILES string of the molecule is Cc1ccccc1CNS(=O)(=O)c1ccc2c(c1)sc(=O)n2CC(=O)N1CCOCC1. The van der Waals surface area contributed by atoms with Gasteiger partial charge in [0, 0.05) is 19.6 Å². The maximum absolute atomic E-state index is 12.8. The standard InChI is InChI=1S/C21H23N3O5S2/c1-15-4-2-3-5-16(15)13-22-31(27,28)17-6-7-18-19(12-17)30-21(26)24(18)14-20(25)23-8-10-29-11-9-23/h2-7,12,22H,8-11,13-14H2,1H3. The van der Waals surface area contributed by atoms with Gasteiger partial charge in [0.05, 0.1) is 28.3 Å². The number of rotatable bonds is 6. The lowest BCUT2D eigenvalue weighted by Crippen LogP contribution is -2.43. The molecule has 1 N–H and O–H groups in total. The molecular weight excluding hydrogens is 438 g/mol. The highest BCUT2D eigenvalue weighted by Gasteiger charge is 2.21. The number of aromatic nitrogens is 1. The second-order valence-corrected chi connectivity index (χ2v) is 10.1. The number of sulfonamides is 1. The third-order valence-electron chi connectivity index (χ3n) is 5.32. The van der Waals surface area contributed by atoms with Crippen LogP contribution in [-0.2, 0) is 32.6 Å². The predicted molar refractivity (Wildman–Crippen MR) is 119 cm³/mol. The quantitative estimate of drug-likeness (QED) is 0.603. The molecule has 0 bridgehead atoms. The zero-order valence-electron chi connectivity index (χ0n) is 17.0. The van der Waals surface area contributed by atoms with Crippen LogP contribution >= 0.6 is 11.3 Å². The summed E-state index contributed by atoms with van der Waals surface area (Å²) < 4.78 is 35.3. The summed E-state index contributed by atoms with van der Waals surface area (Å²) in [5.41, 5.74) is 2.44. The summed E-state index contributed by atoms with van der Waals surface area (Å²) in [6, 6.07) is 12.1. The maximum atomic E-state index is 12.8. The first kappa shape index (κ1) is 21.7. The number of carbonyl (C=O) groups excluding carboxylic acids is 1. The molecular formula is C21H23N3O5S2. The Bertz CT molecular complexity index is 1270. The summed E-state index contributed by atoms with van der Waals surface area (Å²) in [5, 5.41) is 0. The Morgan fingerprint density at radius 3 is 2.65 bits per heavy atom. The van der Waals surface area contributed by atoms with Crippen molar-refractivity contribution in [2.75, 3.05) is 26.3 Å². The molecule has 1 saturated heterocycles. The molecule has 1 amide bonds. The molecule has 0 spiro atoms. The first-order valence-electron chi connectivity index (χ1n) is 9.88. The zero-order chi connectivity index (χ0) is 22.0. The van der Waals surface area contributed by atoms with E-state index >= 15 is 0 Å². The van der Waals surface area contributed by atoms with Crippen molar-refractivity contribution in [1.82, 2.24) is 14.2 Å². The Hall–Kier alpha value is -2.53. The lowest BCUT2D eigenvalue weighted by atomic mass is 10.1. The fraction of sp³-hybridized carbons (Fsp3) is 0.333. The molecule has 8 nitrogen and oxygen atoms in total. The van der Waals surface area contributed by atoms with Crippen LogP contribution < -0.4 is 9.60 Å². The number of morpholine rings is 1. The first-order chi connectivity index (χ1) is 14.8. The van der Waals surface area contributed by atoms with Gasteiger partial charge < -0.3 is 9.64 Å². The minimum Gasteiger partial charge on any atom is -0.378 e. The van der Waals surface area contributed by atoms with Crippen LogP contribution in [0.15, 0.2) is 52.2 Å². The zero-order valence-corrected chi connectivity index (χ0v) is 18.7. The van der Waals surface area contributed by atoms with Crippen LogP contribution in [-0.4, -0.2) is 50.1 Å². The van der Waals surface area contributed by atoms with Crippen LogP contribution in [0.2, 0.25) is 0 Å². The molecule has 0 aliphatic carbocycles. The predicted octanol–water partition coefficient (Wildman–Crippen LogP) is 1.71. The van der Waals surface area contributed by atoms with Gasteiger partial charge in [-0.1, -0.05) is 35.6 Å². The van der Waals surface area contributed by atoms with Gasteiger partial charge in [-0.05, 0) is 36.2 Å². The van der Waals surface area contributed by atoms with Crippen LogP contribution in [0, 0.1) is 6.92 Å². The van der Waals surface area contributed by atoms with Gasteiger partial charge in [0.25, 0.3) is 0 Å². The van der Waals surface area contributed by atoms with Crippen molar-refractivity contribution in [2.45, 2.75) is 24.9 Å².